The van der Waals surface area contributed by atoms with Gasteiger partial charge in [0.2, 0.25) is 11.8 Å². The molecule has 2 unspecified atom stereocenters. The fourth-order valence-corrected chi connectivity index (χ4v) is 3.08. The summed E-state index contributed by atoms with van der Waals surface area (Å²) in [7, 11) is 0. The van der Waals surface area contributed by atoms with Gasteiger partial charge in [0.05, 0.1) is 11.0 Å². The lowest BCUT2D eigenvalue weighted by atomic mass is 9.89. The molecule has 5 nitrogen and oxygen atoms in total. The van der Waals surface area contributed by atoms with Gasteiger partial charge >= 0.3 is 0 Å². The Balaban J connectivity index is 2.10. The minimum atomic E-state index is -0.552. The Morgan fingerprint density at radius 2 is 2.11 bits per heavy atom. The van der Waals surface area contributed by atoms with Gasteiger partial charge in [-0.2, -0.15) is 0 Å². The summed E-state index contributed by atoms with van der Waals surface area (Å²) in [6.07, 6.45) is 3.41. The third-order valence-corrected chi connectivity index (χ3v) is 4.61. The number of hydrogen-bond acceptors (Lipinski definition) is 3. The first-order chi connectivity index (χ1) is 8.43. The molecule has 0 aromatic carbocycles. The van der Waals surface area contributed by atoms with Crippen LogP contribution >= 0.6 is 0 Å². The first-order valence-electron chi connectivity index (χ1n) is 6.78. The third-order valence-electron chi connectivity index (χ3n) is 4.61. The number of primary amides is 1. The van der Waals surface area contributed by atoms with Crippen molar-refractivity contribution < 1.29 is 9.59 Å². The molecular weight excluding hydrogens is 230 g/mol. The normalized spacial score (nSPS) is 36.0. The molecule has 3 N–H and O–H groups in total. The number of nitrogens with one attached hydrogen (secondary N) is 1. The van der Waals surface area contributed by atoms with E-state index < -0.39 is 11.0 Å². The molecule has 18 heavy (non-hydrogen) atoms. The summed E-state index contributed by atoms with van der Waals surface area (Å²) >= 11 is 0. The summed E-state index contributed by atoms with van der Waals surface area (Å²) in [5, 5.41) is 3.35. The molecule has 0 bridgehead atoms. The molecule has 2 atom stereocenters. The predicted octanol–water partition coefficient (Wildman–Crippen LogP) is 0.243. The highest BCUT2D eigenvalue weighted by atomic mass is 16.2. The third kappa shape index (κ3) is 2.00. The molecule has 2 saturated heterocycles. The summed E-state index contributed by atoms with van der Waals surface area (Å²) in [4.78, 5) is 25.9. The lowest BCUT2D eigenvalue weighted by molar-refractivity contribution is -0.137. The van der Waals surface area contributed by atoms with Crippen molar-refractivity contribution in [2.75, 3.05) is 19.6 Å². The van der Waals surface area contributed by atoms with Crippen molar-refractivity contribution in [3.05, 3.63) is 0 Å². The van der Waals surface area contributed by atoms with Gasteiger partial charge in [0.1, 0.15) is 0 Å². The van der Waals surface area contributed by atoms with E-state index in [0.717, 1.165) is 25.8 Å². The topological polar surface area (TPSA) is 75.4 Å². The first-order valence-corrected chi connectivity index (χ1v) is 6.78. The van der Waals surface area contributed by atoms with Crippen LogP contribution in [0.4, 0.5) is 0 Å². The fraction of sp³-hybridized carbons (Fsp3) is 0.846. The number of likely N-dealkylation sites (tertiary alicyclic amines) is 1. The molecular formula is C13H23N3O2. The maximum atomic E-state index is 12.6. The van der Waals surface area contributed by atoms with Crippen LogP contribution in [-0.2, 0) is 9.59 Å². The van der Waals surface area contributed by atoms with E-state index in [1.54, 1.807) is 0 Å². The van der Waals surface area contributed by atoms with Gasteiger partial charge in [0.25, 0.3) is 0 Å². The average molecular weight is 253 g/mol. The lowest BCUT2D eigenvalue weighted by Gasteiger charge is -2.32. The summed E-state index contributed by atoms with van der Waals surface area (Å²) in [5.41, 5.74) is 4.47. The molecule has 2 rings (SSSR count). The van der Waals surface area contributed by atoms with Crippen LogP contribution in [0, 0.1) is 5.41 Å². The van der Waals surface area contributed by atoms with Gasteiger partial charge < -0.3 is 16.0 Å². The highest BCUT2D eigenvalue weighted by Gasteiger charge is 2.47. The summed E-state index contributed by atoms with van der Waals surface area (Å²) in [6, 6.07) is 0. The molecule has 0 spiro atoms. The quantitative estimate of drug-likeness (QED) is 0.756. The van der Waals surface area contributed by atoms with Gasteiger partial charge in [-0.15, -0.1) is 0 Å². The molecule has 2 aliphatic rings. The molecule has 102 valence electrons. The van der Waals surface area contributed by atoms with Gasteiger partial charge in [-0.05, 0) is 39.2 Å². The molecule has 0 radical (unpaired) electrons. The second-order valence-electron chi connectivity index (χ2n) is 5.87. The van der Waals surface area contributed by atoms with Crippen LogP contribution in [0.3, 0.4) is 0 Å². The number of hydrogen-bond donors (Lipinski definition) is 2. The second-order valence-corrected chi connectivity index (χ2v) is 5.87. The number of nitrogens with zero attached hydrogens (tertiary/aromatic N) is 1. The van der Waals surface area contributed by atoms with Gasteiger partial charge in [-0.3, -0.25) is 9.59 Å². The van der Waals surface area contributed by atoms with Crippen LogP contribution in [0.2, 0.25) is 0 Å². The number of carbonyl (C=O) groups excluding carboxylic acids is 2. The van der Waals surface area contributed by atoms with E-state index in [1.807, 2.05) is 18.7 Å². The summed E-state index contributed by atoms with van der Waals surface area (Å²) in [6.45, 7) is 5.90. The van der Waals surface area contributed by atoms with Gasteiger partial charge in [0, 0.05) is 13.1 Å². The molecule has 2 fully saturated rings. The summed E-state index contributed by atoms with van der Waals surface area (Å²) in [5.74, 6) is -0.157. The van der Waals surface area contributed by atoms with Crippen molar-refractivity contribution >= 4 is 11.8 Å². The fourth-order valence-electron chi connectivity index (χ4n) is 3.08. The largest absolute Gasteiger partial charge is 0.369 e. The molecule has 0 aromatic heterocycles. The Hall–Kier alpha value is -1.10. The SMILES string of the molecule is CCC1(C(=O)N2CCC(C)(C(N)=O)C2)CCCN1. The van der Waals surface area contributed by atoms with E-state index in [9.17, 15) is 9.59 Å². The highest BCUT2D eigenvalue weighted by Crippen LogP contribution is 2.33. The van der Waals surface area contributed by atoms with E-state index in [-0.39, 0.29) is 11.8 Å². The Morgan fingerprint density at radius 1 is 1.39 bits per heavy atom. The van der Waals surface area contributed by atoms with Crippen LogP contribution in [0.25, 0.3) is 0 Å². The average Bonchev–Trinajstić information content (AvgIpc) is 2.96. The molecule has 0 aromatic rings. The minimum absolute atomic E-state index is 0.146. The van der Waals surface area contributed by atoms with E-state index >= 15 is 0 Å². The van der Waals surface area contributed by atoms with Crippen LogP contribution < -0.4 is 11.1 Å². The molecule has 0 saturated carbocycles. The molecule has 5 heteroatoms. The standard InChI is InChI=1S/C13H23N3O2/c1-3-13(5-4-7-15-13)11(18)16-8-6-12(2,9-16)10(14)17/h15H,3-9H2,1-2H3,(H2,14,17). The Bertz CT molecular complexity index is 363. The van der Waals surface area contributed by atoms with Crippen molar-refractivity contribution in [2.45, 2.75) is 45.1 Å². The maximum Gasteiger partial charge on any atom is 0.242 e. The van der Waals surface area contributed by atoms with Crippen LogP contribution in [-0.4, -0.2) is 41.9 Å². The number of rotatable bonds is 3. The minimum Gasteiger partial charge on any atom is -0.369 e. The zero-order valence-electron chi connectivity index (χ0n) is 11.3. The molecule has 0 aliphatic carbocycles. The summed E-state index contributed by atoms with van der Waals surface area (Å²) < 4.78 is 0. The second kappa shape index (κ2) is 4.53. The highest BCUT2D eigenvalue weighted by molar-refractivity contribution is 5.89. The van der Waals surface area contributed by atoms with Crippen molar-refractivity contribution in [1.82, 2.24) is 10.2 Å². The van der Waals surface area contributed by atoms with E-state index in [2.05, 4.69) is 5.32 Å². The predicted molar refractivity (Wildman–Crippen MR) is 68.8 cm³/mol. The Morgan fingerprint density at radius 3 is 2.56 bits per heavy atom. The van der Waals surface area contributed by atoms with E-state index in [0.29, 0.717) is 19.5 Å². The number of nitrogens with two attached hydrogens (primary N) is 1. The molecule has 2 heterocycles. The number of carbonyl (C=O) groups is 2. The van der Waals surface area contributed by atoms with Crippen LogP contribution in [0.5, 0.6) is 0 Å². The monoisotopic (exact) mass is 253 g/mol. The van der Waals surface area contributed by atoms with Gasteiger partial charge in [-0.1, -0.05) is 6.92 Å². The smallest absolute Gasteiger partial charge is 0.242 e. The van der Waals surface area contributed by atoms with Gasteiger partial charge in [0.15, 0.2) is 0 Å². The number of amides is 2. The zero-order valence-corrected chi connectivity index (χ0v) is 11.3. The lowest BCUT2D eigenvalue weighted by Crippen LogP contribution is -2.54. The Labute approximate surface area is 108 Å². The Kier molecular flexibility index (Phi) is 3.36. The molecule has 2 amide bonds. The van der Waals surface area contributed by atoms with Crippen LogP contribution in [0.1, 0.15) is 39.5 Å². The van der Waals surface area contributed by atoms with Crippen molar-refractivity contribution in [3.8, 4) is 0 Å². The zero-order chi connectivity index (χ0) is 13.4. The van der Waals surface area contributed by atoms with Crippen molar-refractivity contribution in [3.63, 3.8) is 0 Å². The first kappa shape index (κ1) is 13.3. The van der Waals surface area contributed by atoms with Crippen molar-refractivity contribution in [2.24, 2.45) is 11.1 Å². The van der Waals surface area contributed by atoms with Gasteiger partial charge in [-0.25, -0.2) is 0 Å². The van der Waals surface area contributed by atoms with E-state index in [1.165, 1.54) is 0 Å². The molecule has 2 aliphatic heterocycles. The van der Waals surface area contributed by atoms with Crippen LogP contribution in [0.15, 0.2) is 0 Å². The van der Waals surface area contributed by atoms with Crippen molar-refractivity contribution in [1.29, 1.82) is 0 Å². The van der Waals surface area contributed by atoms with E-state index in [4.69, 9.17) is 5.73 Å². The maximum absolute atomic E-state index is 12.6.